The lowest BCUT2D eigenvalue weighted by Gasteiger charge is -2.40. The molecule has 130 valence electrons. The maximum absolute atomic E-state index is 12.8. The smallest absolute Gasteiger partial charge is 0.272 e. The van der Waals surface area contributed by atoms with E-state index in [1.807, 2.05) is 4.90 Å². The van der Waals surface area contributed by atoms with E-state index < -0.39 is 0 Å². The van der Waals surface area contributed by atoms with Crippen molar-refractivity contribution in [3.05, 3.63) is 0 Å². The summed E-state index contributed by atoms with van der Waals surface area (Å²) in [4.78, 5) is 28.6. The van der Waals surface area contributed by atoms with Crippen molar-refractivity contribution in [3.63, 3.8) is 0 Å². The Bertz CT molecular complexity index is 459. The molecule has 0 bridgehead atoms. The second-order valence-electron chi connectivity index (χ2n) is 7.69. The van der Waals surface area contributed by atoms with Crippen LogP contribution in [-0.2, 0) is 9.59 Å². The summed E-state index contributed by atoms with van der Waals surface area (Å²) in [6.45, 7) is 8.65. The highest BCUT2D eigenvalue weighted by molar-refractivity contribution is 5.79. The van der Waals surface area contributed by atoms with Gasteiger partial charge in [0.1, 0.15) is 0 Å². The fraction of sp³-hybridized carbons (Fsp3) is 0.875. The summed E-state index contributed by atoms with van der Waals surface area (Å²) >= 11 is 0. The standard InChI is InChI=1S/C16H29N5O2/c1-19-3-5-20(6-4-19)16(23)14-2-7-21(11-14,12-15(17)22)10-13-8-18-9-13/h13-14,18H,2-12H2,1H3,(H-,17,22)/p+1. The van der Waals surface area contributed by atoms with Crippen molar-refractivity contribution in [1.82, 2.24) is 15.1 Å². The molecular formula is C16H30N5O2+. The summed E-state index contributed by atoms with van der Waals surface area (Å²) in [6, 6.07) is 0. The highest BCUT2D eigenvalue weighted by Gasteiger charge is 2.45. The zero-order chi connectivity index (χ0) is 16.4. The minimum absolute atomic E-state index is 0.0609. The van der Waals surface area contributed by atoms with Crippen molar-refractivity contribution in [2.75, 3.05) is 72.5 Å². The van der Waals surface area contributed by atoms with Crippen LogP contribution in [0.3, 0.4) is 0 Å². The zero-order valence-electron chi connectivity index (χ0n) is 14.2. The lowest BCUT2D eigenvalue weighted by molar-refractivity contribution is -0.913. The molecule has 23 heavy (non-hydrogen) atoms. The van der Waals surface area contributed by atoms with Gasteiger partial charge in [-0.1, -0.05) is 0 Å². The van der Waals surface area contributed by atoms with Crippen LogP contribution in [0.1, 0.15) is 6.42 Å². The van der Waals surface area contributed by atoms with Crippen molar-refractivity contribution in [3.8, 4) is 0 Å². The molecule has 0 aromatic rings. The van der Waals surface area contributed by atoms with Gasteiger partial charge in [-0.2, -0.15) is 0 Å². The first-order chi connectivity index (χ1) is 11.0. The summed E-state index contributed by atoms with van der Waals surface area (Å²) in [5.41, 5.74) is 5.50. The molecule has 3 aliphatic rings. The SMILES string of the molecule is CN1CCN(C(=O)C2CC[N+](CC(N)=O)(CC3CNC3)C2)CC1. The number of likely N-dealkylation sites (tertiary alicyclic amines) is 1. The summed E-state index contributed by atoms with van der Waals surface area (Å²) in [5.74, 6) is 0.719. The maximum atomic E-state index is 12.8. The highest BCUT2D eigenvalue weighted by atomic mass is 16.2. The molecule has 7 nitrogen and oxygen atoms in total. The number of rotatable bonds is 5. The normalized spacial score (nSPS) is 32.7. The largest absolute Gasteiger partial charge is 0.365 e. The van der Waals surface area contributed by atoms with E-state index in [0.29, 0.717) is 16.9 Å². The fourth-order valence-electron chi connectivity index (χ4n) is 4.30. The van der Waals surface area contributed by atoms with Crippen LogP contribution >= 0.6 is 0 Å². The molecule has 0 aromatic carbocycles. The number of amides is 2. The second kappa shape index (κ2) is 6.75. The third kappa shape index (κ3) is 3.84. The van der Waals surface area contributed by atoms with Gasteiger partial charge >= 0.3 is 0 Å². The predicted molar refractivity (Wildman–Crippen MR) is 87.5 cm³/mol. The minimum Gasteiger partial charge on any atom is -0.365 e. The Hall–Kier alpha value is -1.18. The van der Waals surface area contributed by atoms with Crippen LogP contribution in [0.5, 0.6) is 0 Å². The third-order valence-electron chi connectivity index (χ3n) is 5.73. The van der Waals surface area contributed by atoms with Gasteiger partial charge in [-0.25, -0.2) is 0 Å². The zero-order valence-corrected chi connectivity index (χ0v) is 14.2. The summed E-state index contributed by atoms with van der Waals surface area (Å²) in [5, 5.41) is 3.29. The fourth-order valence-corrected chi connectivity index (χ4v) is 4.30. The van der Waals surface area contributed by atoms with E-state index in [2.05, 4.69) is 17.3 Å². The van der Waals surface area contributed by atoms with Gasteiger partial charge in [0, 0.05) is 51.6 Å². The molecule has 3 aliphatic heterocycles. The lowest BCUT2D eigenvalue weighted by atomic mass is 10.0. The van der Waals surface area contributed by atoms with Gasteiger partial charge < -0.3 is 25.3 Å². The Morgan fingerprint density at radius 1 is 1.22 bits per heavy atom. The number of hydrogen-bond acceptors (Lipinski definition) is 4. The number of nitrogens with zero attached hydrogens (tertiary/aromatic N) is 3. The van der Waals surface area contributed by atoms with Gasteiger partial charge in [-0.3, -0.25) is 9.59 Å². The molecule has 3 N–H and O–H groups in total. The number of hydrogen-bond donors (Lipinski definition) is 2. The van der Waals surface area contributed by atoms with Gasteiger partial charge in [-0.15, -0.1) is 0 Å². The predicted octanol–water partition coefficient (Wildman–Crippen LogP) is -1.70. The lowest BCUT2D eigenvalue weighted by Crippen LogP contribution is -2.59. The second-order valence-corrected chi connectivity index (χ2v) is 7.69. The number of piperazine rings is 1. The van der Waals surface area contributed by atoms with E-state index >= 15 is 0 Å². The minimum atomic E-state index is -0.245. The number of likely N-dealkylation sites (N-methyl/N-ethyl adjacent to an activating group) is 1. The molecule has 0 aliphatic carbocycles. The van der Waals surface area contributed by atoms with E-state index in [1.54, 1.807) is 0 Å². The maximum Gasteiger partial charge on any atom is 0.272 e. The Morgan fingerprint density at radius 2 is 1.91 bits per heavy atom. The molecule has 3 fully saturated rings. The number of quaternary nitrogens is 1. The van der Waals surface area contributed by atoms with E-state index in [0.717, 1.165) is 65.3 Å². The monoisotopic (exact) mass is 324 g/mol. The van der Waals surface area contributed by atoms with Crippen LogP contribution in [0, 0.1) is 11.8 Å². The molecule has 0 spiro atoms. The van der Waals surface area contributed by atoms with Crippen molar-refractivity contribution < 1.29 is 14.1 Å². The summed E-state index contributed by atoms with van der Waals surface area (Å²) in [7, 11) is 2.10. The quantitative estimate of drug-likeness (QED) is 0.591. The molecule has 7 heteroatoms. The molecule has 0 aromatic heterocycles. The number of carbonyl (C=O) groups excluding carboxylic acids is 2. The number of carbonyl (C=O) groups is 2. The summed E-state index contributed by atoms with van der Waals surface area (Å²) in [6.07, 6.45) is 0.888. The van der Waals surface area contributed by atoms with Crippen LogP contribution in [0.2, 0.25) is 0 Å². The van der Waals surface area contributed by atoms with Crippen LogP contribution in [-0.4, -0.2) is 98.6 Å². The first-order valence-corrected chi connectivity index (χ1v) is 8.79. The van der Waals surface area contributed by atoms with Crippen LogP contribution in [0.15, 0.2) is 0 Å². The number of primary amides is 1. The Kier molecular flexibility index (Phi) is 4.89. The third-order valence-corrected chi connectivity index (χ3v) is 5.73. The molecule has 0 saturated carbocycles. The summed E-state index contributed by atoms with van der Waals surface area (Å²) < 4.78 is 0.714. The van der Waals surface area contributed by atoms with Gasteiger partial charge in [0.15, 0.2) is 6.54 Å². The average molecular weight is 324 g/mol. The van der Waals surface area contributed by atoms with Crippen molar-refractivity contribution in [2.24, 2.45) is 17.6 Å². The Labute approximate surface area is 138 Å². The highest BCUT2D eigenvalue weighted by Crippen LogP contribution is 2.28. The van der Waals surface area contributed by atoms with E-state index in [9.17, 15) is 9.59 Å². The molecular weight excluding hydrogens is 294 g/mol. The Morgan fingerprint density at radius 3 is 2.48 bits per heavy atom. The van der Waals surface area contributed by atoms with Crippen LogP contribution in [0.4, 0.5) is 0 Å². The molecule has 3 rings (SSSR count). The molecule has 3 saturated heterocycles. The van der Waals surface area contributed by atoms with Crippen LogP contribution < -0.4 is 11.1 Å². The van der Waals surface area contributed by atoms with Gasteiger partial charge in [0.25, 0.3) is 5.91 Å². The molecule has 3 heterocycles. The van der Waals surface area contributed by atoms with Gasteiger partial charge in [0.2, 0.25) is 5.91 Å². The number of nitrogens with two attached hydrogens (primary N) is 1. The average Bonchev–Trinajstić information content (AvgIpc) is 2.87. The topological polar surface area (TPSA) is 78.7 Å². The van der Waals surface area contributed by atoms with E-state index in [4.69, 9.17) is 5.73 Å². The molecule has 2 atom stereocenters. The van der Waals surface area contributed by atoms with Gasteiger partial charge in [-0.05, 0) is 7.05 Å². The van der Waals surface area contributed by atoms with E-state index in [1.165, 1.54) is 0 Å². The van der Waals surface area contributed by atoms with Crippen molar-refractivity contribution >= 4 is 11.8 Å². The first-order valence-electron chi connectivity index (χ1n) is 8.79. The van der Waals surface area contributed by atoms with Crippen molar-refractivity contribution in [2.45, 2.75) is 6.42 Å². The van der Waals surface area contributed by atoms with E-state index in [-0.39, 0.29) is 17.7 Å². The first kappa shape index (κ1) is 16.7. The molecule has 0 radical (unpaired) electrons. The molecule has 2 unspecified atom stereocenters. The van der Waals surface area contributed by atoms with Gasteiger partial charge in [0.05, 0.1) is 25.6 Å². The number of nitrogens with one attached hydrogen (secondary N) is 1. The molecule has 2 amide bonds. The Balaban J connectivity index is 1.61. The van der Waals surface area contributed by atoms with Crippen LogP contribution in [0.25, 0.3) is 0 Å². The van der Waals surface area contributed by atoms with Crippen molar-refractivity contribution in [1.29, 1.82) is 0 Å².